The number of esters is 1. The zero-order valence-electron chi connectivity index (χ0n) is 22.4. The minimum absolute atomic E-state index is 0.0784. The minimum atomic E-state index is -1.42. The lowest BCUT2D eigenvalue weighted by atomic mass is 9.60. The lowest BCUT2D eigenvalue weighted by molar-refractivity contribution is -0.162. The molecule has 1 aromatic carbocycles. The van der Waals surface area contributed by atoms with Gasteiger partial charge in [0.2, 0.25) is 0 Å². The smallest absolute Gasteiger partial charge is 0.408 e. The van der Waals surface area contributed by atoms with E-state index in [0.29, 0.717) is 12.8 Å². The van der Waals surface area contributed by atoms with E-state index in [-0.39, 0.29) is 23.7 Å². The summed E-state index contributed by atoms with van der Waals surface area (Å²) in [6.45, 7) is 11.7. The molecule has 0 bridgehead atoms. The average Bonchev–Trinajstić information content (AvgIpc) is 2.79. The molecule has 1 N–H and O–H groups in total. The number of hydrogen-bond acceptors (Lipinski definition) is 5. The van der Waals surface area contributed by atoms with Crippen LogP contribution in [0.5, 0.6) is 0 Å². The molecule has 1 aliphatic carbocycles. The predicted octanol–water partition coefficient (Wildman–Crippen LogP) is 5.01. The lowest BCUT2D eigenvalue weighted by Gasteiger charge is -2.49. The quantitative estimate of drug-likeness (QED) is 0.547. The van der Waals surface area contributed by atoms with Crippen molar-refractivity contribution >= 4 is 18.1 Å². The fraction of sp³-hybridized carbons (Fsp3) is 0.483. The van der Waals surface area contributed by atoms with Gasteiger partial charge in [0.05, 0.1) is 6.10 Å². The van der Waals surface area contributed by atoms with Crippen LogP contribution < -0.4 is 10.9 Å². The number of hydrogen-bond donors (Lipinski definition) is 1. The molecule has 2 atom stereocenters. The maximum absolute atomic E-state index is 13.9. The van der Waals surface area contributed by atoms with Crippen molar-refractivity contribution in [3.05, 3.63) is 75.7 Å². The fourth-order valence-electron chi connectivity index (χ4n) is 4.87. The number of carbonyl (C=O) groups excluding carboxylic acids is 2. The Hall–Kier alpha value is -3.35. The highest BCUT2D eigenvalue weighted by molar-refractivity contribution is 5.88. The Kier molecular flexibility index (Phi) is 7.82. The Balaban J connectivity index is 2.06. The molecule has 1 amide bonds. The number of fused-ring (bicyclic) bond motifs is 1. The van der Waals surface area contributed by atoms with Gasteiger partial charge in [-0.2, -0.15) is 0 Å². The molecule has 3 rings (SSSR count). The fourth-order valence-corrected chi connectivity index (χ4v) is 4.87. The van der Waals surface area contributed by atoms with Crippen molar-refractivity contribution in [3.8, 4) is 0 Å². The van der Waals surface area contributed by atoms with Crippen molar-refractivity contribution in [2.45, 2.75) is 72.6 Å². The van der Waals surface area contributed by atoms with Crippen LogP contribution in [-0.2, 0) is 34.3 Å². The van der Waals surface area contributed by atoms with Crippen LogP contribution in [0.4, 0.5) is 4.79 Å². The number of nitrogens with one attached hydrogen (secondary N) is 1. The molecule has 1 aliphatic rings. The highest BCUT2D eigenvalue weighted by Crippen LogP contribution is 2.47. The van der Waals surface area contributed by atoms with E-state index in [0.717, 1.165) is 16.8 Å². The number of benzene rings is 1. The number of nitrogens with zero attached hydrogens (tertiary/aromatic N) is 1. The van der Waals surface area contributed by atoms with Crippen LogP contribution in [0.25, 0.3) is 6.08 Å². The SMILES string of the molecule is CC(C)OC(=O)C(CC(C)(C)C)(NC(=O)OCc1ccccc1)C1(C)C=Cc2c(ccc(=O)n2C)C1. The van der Waals surface area contributed by atoms with Crippen molar-refractivity contribution in [3.63, 3.8) is 0 Å². The van der Waals surface area contributed by atoms with Crippen LogP contribution >= 0.6 is 0 Å². The summed E-state index contributed by atoms with van der Waals surface area (Å²) in [5.74, 6) is -0.510. The molecule has 0 spiro atoms. The molecule has 194 valence electrons. The first kappa shape index (κ1) is 27.2. The largest absolute Gasteiger partial charge is 0.461 e. The van der Waals surface area contributed by atoms with Crippen molar-refractivity contribution in [2.24, 2.45) is 17.9 Å². The molecular formula is C29H38N2O5. The number of alkyl carbamates (subject to hydrolysis) is 1. The van der Waals surface area contributed by atoms with E-state index in [1.165, 1.54) is 6.07 Å². The summed E-state index contributed by atoms with van der Waals surface area (Å²) in [6, 6.07) is 12.7. The Morgan fingerprint density at radius 2 is 1.78 bits per heavy atom. The van der Waals surface area contributed by atoms with Crippen LogP contribution in [0.1, 0.15) is 64.8 Å². The summed E-state index contributed by atoms with van der Waals surface area (Å²) in [6.07, 6.45) is 3.45. The van der Waals surface area contributed by atoms with Gasteiger partial charge in [0.1, 0.15) is 6.61 Å². The second-order valence-electron chi connectivity index (χ2n) is 11.4. The number of ether oxygens (including phenoxy) is 2. The molecule has 0 saturated heterocycles. The molecular weight excluding hydrogens is 456 g/mol. The van der Waals surface area contributed by atoms with Crippen molar-refractivity contribution in [1.82, 2.24) is 9.88 Å². The summed E-state index contributed by atoms with van der Waals surface area (Å²) in [4.78, 5) is 39.3. The first-order chi connectivity index (χ1) is 16.8. The Bertz CT molecular complexity index is 1190. The predicted molar refractivity (Wildman–Crippen MR) is 140 cm³/mol. The van der Waals surface area contributed by atoms with Gasteiger partial charge >= 0.3 is 12.1 Å². The summed E-state index contributed by atoms with van der Waals surface area (Å²) in [5.41, 5.74) is -0.189. The van der Waals surface area contributed by atoms with E-state index in [4.69, 9.17) is 9.47 Å². The Labute approximate surface area is 213 Å². The van der Waals surface area contributed by atoms with Gasteiger partial charge in [-0.05, 0) is 49.3 Å². The molecule has 7 heteroatoms. The van der Waals surface area contributed by atoms with E-state index in [2.05, 4.69) is 5.32 Å². The maximum atomic E-state index is 13.9. The zero-order chi connectivity index (χ0) is 26.7. The van der Waals surface area contributed by atoms with E-state index in [9.17, 15) is 14.4 Å². The van der Waals surface area contributed by atoms with E-state index in [1.807, 2.05) is 70.2 Å². The van der Waals surface area contributed by atoms with Gasteiger partial charge in [0, 0.05) is 24.2 Å². The van der Waals surface area contributed by atoms with E-state index in [1.54, 1.807) is 31.5 Å². The van der Waals surface area contributed by atoms with Crippen LogP contribution in [0, 0.1) is 10.8 Å². The molecule has 36 heavy (non-hydrogen) atoms. The third kappa shape index (κ3) is 5.89. The van der Waals surface area contributed by atoms with Gasteiger partial charge in [0.25, 0.3) is 5.56 Å². The summed E-state index contributed by atoms with van der Waals surface area (Å²) >= 11 is 0. The molecule has 0 fully saturated rings. The first-order valence-electron chi connectivity index (χ1n) is 12.3. The van der Waals surface area contributed by atoms with Gasteiger partial charge in [0.15, 0.2) is 5.54 Å². The Morgan fingerprint density at radius 1 is 1.11 bits per heavy atom. The second-order valence-corrected chi connectivity index (χ2v) is 11.4. The van der Waals surface area contributed by atoms with Crippen molar-refractivity contribution in [1.29, 1.82) is 0 Å². The van der Waals surface area contributed by atoms with Crippen molar-refractivity contribution in [2.75, 3.05) is 0 Å². The molecule has 1 heterocycles. The zero-order valence-corrected chi connectivity index (χ0v) is 22.4. The van der Waals surface area contributed by atoms with Gasteiger partial charge < -0.3 is 19.4 Å². The normalized spacial score (nSPS) is 18.8. The molecule has 0 aliphatic heterocycles. The number of carbonyl (C=O) groups is 2. The monoisotopic (exact) mass is 494 g/mol. The molecule has 0 saturated carbocycles. The molecule has 2 unspecified atom stereocenters. The summed E-state index contributed by atoms with van der Waals surface area (Å²) in [5, 5.41) is 2.97. The summed E-state index contributed by atoms with van der Waals surface area (Å²) < 4.78 is 12.9. The average molecular weight is 495 g/mol. The first-order valence-corrected chi connectivity index (χ1v) is 12.3. The highest BCUT2D eigenvalue weighted by atomic mass is 16.6. The number of rotatable bonds is 7. The Morgan fingerprint density at radius 3 is 2.39 bits per heavy atom. The van der Waals surface area contributed by atoms with Gasteiger partial charge in [-0.25, -0.2) is 9.59 Å². The molecule has 0 radical (unpaired) electrons. The third-order valence-electron chi connectivity index (χ3n) is 6.60. The highest BCUT2D eigenvalue weighted by Gasteiger charge is 2.57. The minimum Gasteiger partial charge on any atom is -0.461 e. The topological polar surface area (TPSA) is 86.6 Å². The standard InChI is InChI=1S/C29H38N2O5/c1-20(2)36-25(33)29(19-27(3,4)5,30-26(34)35-18-21-11-9-8-10-12-21)28(6)16-15-23-22(17-28)13-14-24(32)31(23)7/h8-16,20H,17-19H2,1-7H3,(H,30,34). The van der Waals surface area contributed by atoms with Crippen LogP contribution in [-0.4, -0.2) is 28.3 Å². The molecule has 1 aromatic heterocycles. The van der Waals surface area contributed by atoms with Crippen LogP contribution in [0.3, 0.4) is 0 Å². The molecule has 7 nitrogen and oxygen atoms in total. The number of aromatic nitrogens is 1. The van der Waals surface area contributed by atoms with E-state index < -0.39 is 23.0 Å². The van der Waals surface area contributed by atoms with Gasteiger partial charge in [-0.15, -0.1) is 0 Å². The number of pyridine rings is 1. The maximum Gasteiger partial charge on any atom is 0.408 e. The van der Waals surface area contributed by atoms with E-state index >= 15 is 0 Å². The van der Waals surface area contributed by atoms with Crippen LogP contribution in [0.2, 0.25) is 0 Å². The van der Waals surface area contributed by atoms with Gasteiger partial charge in [-0.1, -0.05) is 70.2 Å². The lowest BCUT2D eigenvalue weighted by Crippen LogP contribution is -2.66. The van der Waals surface area contributed by atoms with Crippen molar-refractivity contribution < 1.29 is 19.1 Å². The number of amides is 1. The molecule has 2 aromatic rings. The summed E-state index contributed by atoms with van der Waals surface area (Å²) in [7, 11) is 1.72. The van der Waals surface area contributed by atoms with Gasteiger partial charge in [-0.3, -0.25) is 4.79 Å². The van der Waals surface area contributed by atoms with Crippen LogP contribution in [0.15, 0.2) is 53.3 Å². The second kappa shape index (κ2) is 10.3. The third-order valence-corrected chi connectivity index (χ3v) is 6.60.